The fourth-order valence-electron chi connectivity index (χ4n) is 4.21. The van der Waals surface area contributed by atoms with Gasteiger partial charge in [0.25, 0.3) is 5.91 Å². The van der Waals surface area contributed by atoms with Crippen molar-refractivity contribution in [2.75, 3.05) is 34.2 Å². The van der Waals surface area contributed by atoms with Gasteiger partial charge in [-0.05, 0) is 69.3 Å². The van der Waals surface area contributed by atoms with Gasteiger partial charge >= 0.3 is 0 Å². The van der Waals surface area contributed by atoms with Gasteiger partial charge in [0.05, 0.1) is 11.6 Å². The first-order chi connectivity index (χ1) is 16.4. The smallest absolute Gasteiger partial charge is 0.253 e. The molecule has 1 heterocycles. The average molecular weight is 456 g/mol. The third kappa shape index (κ3) is 5.81. The van der Waals surface area contributed by atoms with E-state index in [4.69, 9.17) is 5.26 Å². The maximum atomic E-state index is 12.9. The van der Waals surface area contributed by atoms with Gasteiger partial charge in [-0.15, -0.1) is 0 Å². The first kappa shape index (κ1) is 24.9. The van der Waals surface area contributed by atoms with E-state index in [1.807, 2.05) is 54.3 Å². The molecule has 6 nitrogen and oxygen atoms in total. The van der Waals surface area contributed by atoms with Crippen LogP contribution in [0.15, 0.2) is 66.2 Å². The van der Waals surface area contributed by atoms with E-state index >= 15 is 0 Å². The van der Waals surface area contributed by atoms with Gasteiger partial charge in [0.1, 0.15) is 5.84 Å². The van der Waals surface area contributed by atoms with E-state index in [9.17, 15) is 4.79 Å². The molecule has 1 saturated heterocycles. The topological polar surface area (TPSA) is 71.7 Å². The molecule has 0 spiro atoms. The van der Waals surface area contributed by atoms with Crippen LogP contribution in [-0.2, 0) is 0 Å². The number of amidine groups is 1. The Morgan fingerprint density at radius 2 is 1.65 bits per heavy atom. The van der Waals surface area contributed by atoms with Crippen LogP contribution < -0.4 is 5.32 Å². The van der Waals surface area contributed by atoms with Gasteiger partial charge in [0.15, 0.2) is 0 Å². The van der Waals surface area contributed by atoms with Crippen molar-refractivity contribution in [3.05, 3.63) is 83.4 Å². The van der Waals surface area contributed by atoms with Crippen molar-refractivity contribution in [3.63, 3.8) is 0 Å². The van der Waals surface area contributed by atoms with Gasteiger partial charge in [-0.1, -0.05) is 36.9 Å². The highest BCUT2D eigenvalue weighted by molar-refractivity contribution is 6.24. The molecular formula is C28H33N5O. The molecule has 2 aromatic rings. The summed E-state index contributed by atoms with van der Waals surface area (Å²) in [6.07, 6.45) is 3.98. The molecule has 1 aliphatic heterocycles. The zero-order valence-electron chi connectivity index (χ0n) is 20.5. The maximum absolute atomic E-state index is 12.9. The number of hydrogen-bond donors (Lipinski definition) is 1. The predicted octanol–water partition coefficient (Wildman–Crippen LogP) is 4.42. The Morgan fingerprint density at radius 1 is 1.09 bits per heavy atom. The third-order valence-electron chi connectivity index (χ3n) is 6.32. The lowest BCUT2D eigenvalue weighted by molar-refractivity contribution is 0.0663. The summed E-state index contributed by atoms with van der Waals surface area (Å²) in [4.78, 5) is 21.5. The van der Waals surface area contributed by atoms with Crippen LogP contribution in [0, 0.1) is 11.3 Å². The van der Waals surface area contributed by atoms with Crippen molar-refractivity contribution in [1.82, 2.24) is 15.1 Å². The number of allylic oxidation sites excluding steroid dienone is 1. The quantitative estimate of drug-likeness (QED) is 0.517. The second-order valence-corrected chi connectivity index (χ2v) is 8.63. The maximum Gasteiger partial charge on any atom is 0.253 e. The second-order valence-electron chi connectivity index (χ2n) is 8.63. The summed E-state index contributed by atoms with van der Waals surface area (Å²) in [5.74, 6) is 0.760. The molecule has 0 atom stereocenters. The number of benzene rings is 2. The minimum absolute atomic E-state index is 0.0788. The van der Waals surface area contributed by atoms with Crippen LogP contribution in [0.1, 0.15) is 46.8 Å². The lowest BCUT2D eigenvalue weighted by atomic mass is 10.0. The van der Waals surface area contributed by atoms with Crippen LogP contribution in [0.25, 0.3) is 11.3 Å². The SMILES string of the molecule is C=C(NC(=NC)/C(=C\C)c1ccc(C#N)cc1)c1ccc(C(=O)N2CCC(N(C)C)CC2)cc1. The van der Waals surface area contributed by atoms with Crippen molar-refractivity contribution in [3.8, 4) is 6.07 Å². The molecule has 0 bridgehead atoms. The number of nitrogens with zero attached hydrogens (tertiary/aromatic N) is 4. The average Bonchev–Trinajstić information content (AvgIpc) is 2.88. The van der Waals surface area contributed by atoms with Crippen LogP contribution in [0.3, 0.4) is 0 Å². The van der Waals surface area contributed by atoms with E-state index in [2.05, 4.69) is 42.0 Å². The van der Waals surface area contributed by atoms with E-state index in [0.29, 0.717) is 28.7 Å². The standard InChI is InChI=1S/C28H33N5O/c1-6-26(23-9-7-21(19-29)8-10-23)27(30-3)31-20(2)22-11-13-24(14-12-22)28(34)33-17-15-25(16-18-33)32(4)5/h6-14,25H,2,15-18H2,1,3-5H3,(H,30,31)/b26-6-. The molecule has 1 fully saturated rings. The molecule has 0 aliphatic carbocycles. The Balaban J connectivity index is 1.66. The summed E-state index contributed by atoms with van der Waals surface area (Å²) in [7, 11) is 5.92. The Bertz CT molecular complexity index is 1110. The molecule has 34 heavy (non-hydrogen) atoms. The lowest BCUT2D eigenvalue weighted by Crippen LogP contribution is -2.44. The molecule has 1 N–H and O–H groups in total. The zero-order chi connectivity index (χ0) is 24.7. The van der Waals surface area contributed by atoms with Crippen LogP contribution in [0.4, 0.5) is 0 Å². The van der Waals surface area contributed by atoms with E-state index in [0.717, 1.165) is 42.6 Å². The Morgan fingerprint density at radius 3 is 2.15 bits per heavy atom. The normalized spacial score (nSPS) is 15.2. The molecule has 2 aromatic carbocycles. The number of likely N-dealkylation sites (tertiary alicyclic amines) is 1. The van der Waals surface area contributed by atoms with Crippen LogP contribution in [0.5, 0.6) is 0 Å². The fourth-order valence-corrected chi connectivity index (χ4v) is 4.21. The molecular weight excluding hydrogens is 422 g/mol. The monoisotopic (exact) mass is 455 g/mol. The summed E-state index contributed by atoms with van der Waals surface area (Å²) >= 11 is 0. The van der Waals surface area contributed by atoms with Crippen LogP contribution in [0.2, 0.25) is 0 Å². The van der Waals surface area contributed by atoms with Crippen molar-refractivity contribution in [2.45, 2.75) is 25.8 Å². The number of amides is 1. The summed E-state index contributed by atoms with van der Waals surface area (Å²) in [6, 6.07) is 17.6. The number of nitriles is 1. The van der Waals surface area contributed by atoms with E-state index in [1.54, 1.807) is 19.2 Å². The first-order valence-electron chi connectivity index (χ1n) is 11.5. The highest BCUT2D eigenvalue weighted by Crippen LogP contribution is 2.20. The van der Waals surface area contributed by atoms with Gasteiger partial charge in [0, 0.05) is 43.0 Å². The number of carbonyl (C=O) groups is 1. The minimum Gasteiger partial charge on any atom is -0.340 e. The molecule has 0 radical (unpaired) electrons. The fraction of sp³-hybridized carbons (Fsp3) is 0.321. The zero-order valence-corrected chi connectivity index (χ0v) is 20.5. The Kier molecular flexibility index (Phi) is 8.39. The van der Waals surface area contributed by atoms with Crippen LogP contribution >= 0.6 is 0 Å². The van der Waals surface area contributed by atoms with E-state index < -0.39 is 0 Å². The number of aliphatic imine (C=N–C) groups is 1. The van der Waals surface area contributed by atoms with E-state index in [-0.39, 0.29) is 5.91 Å². The summed E-state index contributed by atoms with van der Waals surface area (Å²) < 4.78 is 0. The van der Waals surface area contributed by atoms with E-state index in [1.165, 1.54) is 0 Å². The molecule has 0 saturated carbocycles. The number of hydrogen-bond acceptors (Lipinski definition) is 4. The summed E-state index contributed by atoms with van der Waals surface area (Å²) in [5.41, 5.74) is 4.76. The van der Waals surface area contributed by atoms with Gasteiger partial charge in [-0.3, -0.25) is 9.79 Å². The van der Waals surface area contributed by atoms with Crippen molar-refractivity contribution in [2.24, 2.45) is 4.99 Å². The Hall–Kier alpha value is -3.69. The summed E-state index contributed by atoms with van der Waals surface area (Å²) in [6.45, 7) is 7.70. The number of nitrogens with one attached hydrogen (secondary N) is 1. The van der Waals surface area contributed by atoms with Crippen molar-refractivity contribution >= 4 is 23.0 Å². The van der Waals surface area contributed by atoms with Gasteiger partial charge in [-0.2, -0.15) is 5.26 Å². The van der Waals surface area contributed by atoms with Gasteiger partial charge in [-0.25, -0.2) is 0 Å². The number of rotatable bonds is 6. The molecule has 176 valence electrons. The predicted molar refractivity (Wildman–Crippen MR) is 139 cm³/mol. The number of piperidine rings is 1. The van der Waals surface area contributed by atoms with Gasteiger partial charge < -0.3 is 15.1 Å². The summed E-state index contributed by atoms with van der Waals surface area (Å²) in [5, 5.41) is 12.4. The van der Waals surface area contributed by atoms with Crippen molar-refractivity contribution in [1.29, 1.82) is 5.26 Å². The highest BCUT2D eigenvalue weighted by Gasteiger charge is 2.24. The largest absolute Gasteiger partial charge is 0.340 e. The van der Waals surface area contributed by atoms with Crippen molar-refractivity contribution < 1.29 is 4.79 Å². The van der Waals surface area contributed by atoms with Gasteiger partial charge in [0.2, 0.25) is 0 Å². The molecule has 1 aliphatic rings. The molecule has 0 aromatic heterocycles. The molecule has 6 heteroatoms. The minimum atomic E-state index is 0.0788. The second kappa shape index (κ2) is 11.4. The molecule has 0 unspecified atom stereocenters. The van der Waals surface area contributed by atoms with Crippen LogP contribution in [-0.4, -0.2) is 61.8 Å². The highest BCUT2D eigenvalue weighted by atomic mass is 16.2. The Labute approximate surface area is 202 Å². The molecule has 1 amide bonds. The first-order valence-corrected chi connectivity index (χ1v) is 11.5. The third-order valence-corrected chi connectivity index (χ3v) is 6.32. The molecule has 3 rings (SSSR count). The number of carbonyl (C=O) groups excluding carboxylic acids is 1. The lowest BCUT2D eigenvalue weighted by Gasteiger charge is -2.35.